The zero-order chi connectivity index (χ0) is 21.2. The van der Waals surface area contributed by atoms with Crippen LogP contribution in [-0.2, 0) is 6.54 Å². The lowest BCUT2D eigenvalue weighted by Crippen LogP contribution is -2.35. The smallest absolute Gasteiger partial charge is 0.142 e. The topological polar surface area (TPSA) is 73.0 Å². The van der Waals surface area contributed by atoms with Gasteiger partial charge in [0.25, 0.3) is 0 Å². The molecule has 0 bridgehead atoms. The van der Waals surface area contributed by atoms with Gasteiger partial charge in [-0.05, 0) is 42.3 Å². The normalized spacial score (nSPS) is 16.1. The van der Waals surface area contributed by atoms with Gasteiger partial charge >= 0.3 is 0 Å². The number of anilines is 3. The number of aromatic nitrogens is 4. The van der Waals surface area contributed by atoms with Gasteiger partial charge in [0.15, 0.2) is 0 Å². The van der Waals surface area contributed by atoms with Crippen molar-refractivity contribution in [3.05, 3.63) is 72.6 Å². The Bertz CT molecular complexity index is 1160. The first-order chi connectivity index (χ1) is 15.2. The predicted molar refractivity (Wildman–Crippen MR) is 121 cm³/mol. The van der Waals surface area contributed by atoms with Crippen molar-refractivity contribution < 1.29 is 4.39 Å². The number of aromatic amines is 1. The minimum Gasteiger partial charge on any atom is -0.380 e. The summed E-state index contributed by atoms with van der Waals surface area (Å²) in [5.41, 5.74) is 2.83. The van der Waals surface area contributed by atoms with E-state index in [1.165, 1.54) is 12.1 Å². The van der Waals surface area contributed by atoms with E-state index in [0.717, 1.165) is 53.4 Å². The van der Waals surface area contributed by atoms with Crippen LogP contribution in [0.5, 0.6) is 0 Å². The highest BCUT2D eigenvalue weighted by Crippen LogP contribution is 2.28. The molecule has 4 heterocycles. The maximum absolute atomic E-state index is 13.0. The van der Waals surface area contributed by atoms with Gasteiger partial charge in [-0.1, -0.05) is 12.1 Å². The Hall–Kier alpha value is -3.68. The summed E-state index contributed by atoms with van der Waals surface area (Å²) in [6.45, 7) is 2.46. The van der Waals surface area contributed by atoms with Crippen LogP contribution in [0.3, 0.4) is 0 Å². The molecule has 1 aliphatic rings. The number of hydrogen-bond donors (Lipinski definition) is 2. The van der Waals surface area contributed by atoms with Gasteiger partial charge in [-0.3, -0.25) is 0 Å². The molecule has 0 aliphatic carbocycles. The molecule has 1 saturated heterocycles. The molecule has 0 spiro atoms. The fourth-order valence-electron chi connectivity index (χ4n) is 4.05. The maximum atomic E-state index is 13.0. The van der Waals surface area contributed by atoms with E-state index in [1.54, 1.807) is 18.5 Å². The van der Waals surface area contributed by atoms with Crippen LogP contribution in [0.2, 0.25) is 0 Å². The predicted octanol–water partition coefficient (Wildman–Crippen LogP) is 3.82. The second kappa shape index (κ2) is 8.22. The number of nitrogens with one attached hydrogen (secondary N) is 2. The van der Waals surface area contributed by atoms with E-state index >= 15 is 0 Å². The summed E-state index contributed by atoms with van der Waals surface area (Å²) in [6.07, 6.45) is 6.40. The number of benzene rings is 1. The van der Waals surface area contributed by atoms with Crippen LogP contribution >= 0.6 is 0 Å². The summed E-state index contributed by atoms with van der Waals surface area (Å²) >= 11 is 0. The van der Waals surface area contributed by atoms with Gasteiger partial charge in [0, 0.05) is 38.9 Å². The Morgan fingerprint density at radius 3 is 2.81 bits per heavy atom. The molecule has 31 heavy (non-hydrogen) atoms. The van der Waals surface area contributed by atoms with E-state index in [4.69, 9.17) is 0 Å². The Morgan fingerprint density at radius 2 is 2.00 bits per heavy atom. The summed E-state index contributed by atoms with van der Waals surface area (Å²) in [6, 6.07) is 13.0. The lowest BCUT2D eigenvalue weighted by molar-refractivity contribution is 0.627. The second-order valence-corrected chi connectivity index (χ2v) is 7.82. The number of halogens is 1. The average molecular weight is 417 g/mol. The van der Waals surface area contributed by atoms with Crippen molar-refractivity contribution in [3.63, 3.8) is 0 Å². The largest absolute Gasteiger partial charge is 0.380 e. The summed E-state index contributed by atoms with van der Waals surface area (Å²) in [5, 5.41) is 4.39. The first-order valence-corrected chi connectivity index (χ1v) is 10.4. The Morgan fingerprint density at radius 1 is 1.13 bits per heavy atom. The summed E-state index contributed by atoms with van der Waals surface area (Å²) in [5.74, 6) is 1.70. The number of hydrogen-bond acceptors (Lipinski definition) is 6. The van der Waals surface area contributed by atoms with Crippen LogP contribution in [0, 0.1) is 5.82 Å². The third-order valence-electron chi connectivity index (χ3n) is 5.86. The highest BCUT2D eigenvalue weighted by molar-refractivity contribution is 5.87. The van der Waals surface area contributed by atoms with Gasteiger partial charge < -0.3 is 20.1 Å². The standard InChI is InChI=1S/C23H24FN7/c1-30(19-9-11-31(14-19)23-20-8-10-25-22(20)28-15-29-23)21-7-6-18(13-27-21)26-12-16-2-4-17(24)5-3-16/h2-8,10,13,15,19,26H,9,11-12,14H2,1H3,(H,25,28,29). The number of nitrogens with zero attached hydrogens (tertiary/aromatic N) is 5. The molecule has 1 fully saturated rings. The third-order valence-corrected chi connectivity index (χ3v) is 5.86. The van der Waals surface area contributed by atoms with Crippen molar-refractivity contribution in [1.29, 1.82) is 0 Å². The number of likely N-dealkylation sites (N-methyl/N-ethyl adjacent to an activating group) is 1. The van der Waals surface area contributed by atoms with Crippen molar-refractivity contribution in [2.45, 2.75) is 19.0 Å². The zero-order valence-electron chi connectivity index (χ0n) is 17.3. The molecule has 158 valence electrons. The van der Waals surface area contributed by atoms with E-state index in [-0.39, 0.29) is 5.82 Å². The summed E-state index contributed by atoms with van der Waals surface area (Å²) < 4.78 is 13.0. The highest BCUT2D eigenvalue weighted by atomic mass is 19.1. The second-order valence-electron chi connectivity index (χ2n) is 7.82. The number of rotatable bonds is 6. The molecule has 1 atom stereocenters. The average Bonchev–Trinajstić information content (AvgIpc) is 3.48. The SMILES string of the molecule is CN(c1ccc(NCc2ccc(F)cc2)cn1)C1CCN(c2ncnc3[nH]ccc23)C1. The lowest BCUT2D eigenvalue weighted by atomic mass is 10.2. The Labute approximate surface area is 180 Å². The van der Waals surface area contributed by atoms with Gasteiger partial charge in [-0.2, -0.15) is 0 Å². The molecule has 1 aromatic carbocycles. The Kier molecular flexibility index (Phi) is 5.11. The molecule has 4 aromatic rings. The van der Waals surface area contributed by atoms with Crippen molar-refractivity contribution in [2.75, 3.05) is 35.3 Å². The molecule has 5 rings (SSSR count). The molecule has 1 aliphatic heterocycles. The van der Waals surface area contributed by atoms with Gasteiger partial charge in [0.05, 0.1) is 17.3 Å². The minimum atomic E-state index is -0.222. The molecule has 7 nitrogen and oxygen atoms in total. The highest BCUT2D eigenvalue weighted by Gasteiger charge is 2.28. The van der Waals surface area contributed by atoms with E-state index in [2.05, 4.69) is 42.1 Å². The van der Waals surface area contributed by atoms with Gasteiger partial charge in [0.2, 0.25) is 0 Å². The van der Waals surface area contributed by atoms with Crippen molar-refractivity contribution in [3.8, 4) is 0 Å². The molecule has 3 aromatic heterocycles. The monoisotopic (exact) mass is 417 g/mol. The molecule has 1 unspecified atom stereocenters. The van der Waals surface area contributed by atoms with Crippen LogP contribution in [0.25, 0.3) is 11.0 Å². The van der Waals surface area contributed by atoms with Crippen LogP contribution in [0.4, 0.5) is 21.7 Å². The number of fused-ring (bicyclic) bond motifs is 1. The van der Waals surface area contributed by atoms with Gasteiger partial charge in [-0.15, -0.1) is 0 Å². The fraction of sp³-hybridized carbons (Fsp3) is 0.261. The first-order valence-electron chi connectivity index (χ1n) is 10.4. The summed E-state index contributed by atoms with van der Waals surface area (Å²) in [4.78, 5) is 21.2. The zero-order valence-corrected chi connectivity index (χ0v) is 17.3. The van der Waals surface area contributed by atoms with Crippen LogP contribution in [-0.4, -0.2) is 46.1 Å². The van der Waals surface area contributed by atoms with Crippen LogP contribution in [0.1, 0.15) is 12.0 Å². The third kappa shape index (κ3) is 4.01. The number of pyridine rings is 1. The molecular formula is C23H24FN7. The van der Waals surface area contributed by atoms with Crippen molar-refractivity contribution in [1.82, 2.24) is 19.9 Å². The maximum Gasteiger partial charge on any atom is 0.142 e. The van der Waals surface area contributed by atoms with Gasteiger partial charge in [-0.25, -0.2) is 19.3 Å². The fourth-order valence-corrected chi connectivity index (χ4v) is 4.05. The number of H-pyrrole nitrogens is 1. The quantitative estimate of drug-likeness (QED) is 0.497. The van der Waals surface area contributed by atoms with E-state index in [1.807, 2.05) is 30.6 Å². The molecule has 0 radical (unpaired) electrons. The van der Waals surface area contributed by atoms with E-state index in [9.17, 15) is 4.39 Å². The first kappa shape index (κ1) is 19.3. The minimum absolute atomic E-state index is 0.222. The van der Waals surface area contributed by atoms with E-state index in [0.29, 0.717) is 12.6 Å². The summed E-state index contributed by atoms with van der Waals surface area (Å²) in [7, 11) is 2.09. The van der Waals surface area contributed by atoms with Crippen LogP contribution < -0.4 is 15.1 Å². The van der Waals surface area contributed by atoms with Crippen molar-refractivity contribution >= 4 is 28.4 Å². The molecule has 8 heteroatoms. The van der Waals surface area contributed by atoms with Crippen molar-refractivity contribution in [2.24, 2.45) is 0 Å². The van der Waals surface area contributed by atoms with Gasteiger partial charge in [0.1, 0.15) is 29.4 Å². The molecule has 2 N–H and O–H groups in total. The lowest BCUT2D eigenvalue weighted by Gasteiger charge is -2.26. The molecular weight excluding hydrogens is 393 g/mol. The Balaban J connectivity index is 1.22. The molecule has 0 saturated carbocycles. The molecule has 0 amide bonds. The van der Waals surface area contributed by atoms with Crippen LogP contribution in [0.15, 0.2) is 61.2 Å². The van der Waals surface area contributed by atoms with E-state index < -0.39 is 0 Å².